The van der Waals surface area contributed by atoms with Crippen LogP contribution >= 0.6 is 0 Å². The fourth-order valence-electron chi connectivity index (χ4n) is 2.06. The van der Waals surface area contributed by atoms with E-state index >= 15 is 0 Å². The minimum Gasteiger partial charge on any atom is -0.508 e. The second kappa shape index (κ2) is 6.57. The summed E-state index contributed by atoms with van der Waals surface area (Å²) in [6, 6.07) is 3.40. The zero-order valence-electron chi connectivity index (χ0n) is 13.0. The highest BCUT2D eigenvalue weighted by Gasteiger charge is 2.23. The Morgan fingerprint density at radius 2 is 2.14 bits per heavy atom. The topological polar surface area (TPSA) is 104 Å². The van der Waals surface area contributed by atoms with Crippen LogP contribution < -0.4 is 5.32 Å². The van der Waals surface area contributed by atoms with Crippen LogP contribution in [0.4, 0.5) is 11.4 Å². The molecule has 118 valence electrons. The number of aliphatic hydroxyl groups is 1. The molecule has 1 aliphatic rings. The highest BCUT2D eigenvalue weighted by Crippen LogP contribution is 2.32. The molecule has 4 N–H and O–H groups in total. The van der Waals surface area contributed by atoms with E-state index in [0.717, 1.165) is 0 Å². The molecule has 0 atom stereocenters. The lowest BCUT2D eigenvalue weighted by atomic mass is 10.1. The SMILES string of the molecule is Cc1cc(N=C2C=NN(C(C)C)C2=N)c(NCCO)cc1O. The summed E-state index contributed by atoms with van der Waals surface area (Å²) in [4.78, 5) is 4.47. The molecule has 0 aliphatic carbocycles. The van der Waals surface area contributed by atoms with Crippen LogP contribution in [0.1, 0.15) is 19.4 Å². The van der Waals surface area contributed by atoms with Crippen molar-refractivity contribution in [1.82, 2.24) is 5.01 Å². The highest BCUT2D eigenvalue weighted by atomic mass is 16.3. The van der Waals surface area contributed by atoms with E-state index in [-0.39, 0.29) is 24.2 Å². The van der Waals surface area contributed by atoms with Crippen molar-refractivity contribution >= 4 is 29.1 Å². The number of hydrogen-bond donors (Lipinski definition) is 4. The first kappa shape index (κ1) is 16.0. The van der Waals surface area contributed by atoms with Gasteiger partial charge < -0.3 is 15.5 Å². The third kappa shape index (κ3) is 3.25. The molecule has 1 aliphatic heterocycles. The molecule has 0 amide bonds. The second-order valence-corrected chi connectivity index (χ2v) is 5.33. The average Bonchev–Trinajstić information content (AvgIpc) is 2.82. The number of nitrogens with one attached hydrogen (secondary N) is 2. The number of phenolic OH excluding ortho intramolecular Hbond substituents is 1. The molecule has 0 saturated carbocycles. The maximum Gasteiger partial charge on any atom is 0.169 e. The van der Waals surface area contributed by atoms with E-state index in [1.165, 1.54) is 0 Å². The molecule has 1 aromatic rings. The van der Waals surface area contributed by atoms with Crippen LogP contribution in [0.25, 0.3) is 0 Å². The number of aromatic hydroxyl groups is 1. The number of aliphatic imine (C=N–C) groups is 1. The number of phenols is 1. The van der Waals surface area contributed by atoms with Gasteiger partial charge in [0.1, 0.15) is 11.5 Å². The molecule has 0 radical (unpaired) electrons. The summed E-state index contributed by atoms with van der Waals surface area (Å²) in [6.45, 7) is 6.01. The van der Waals surface area contributed by atoms with E-state index < -0.39 is 0 Å². The molecule has 0 aromatic heterocycles. The van der Waals surface area contributed by atoms with Crippen molar-refractivity contribution in [3.8, 4) is 5.75 Å². The Hall–Kier alpha value is -2.41. The summed E-state index contributed by atoms with van der Waals surface area (Å²) in [5.74, 6) is 0.400. The standard InChI is InChI=1S/C15H21N5O2/c1-9(2)20-15(16)13(8-18-20)19-12-6-10(3)14(22)7-11(12)17-4-5-21/h6-9,16-17,21-22H,4-5H2,1-3H3. The van der Waals surface area contributed by atoms with Crippen molar-refractivity contribution in [1.29, 1.82) is 5.41 Å². The monoisotopic (exact) mass is 303 g/mol. The smallest absolute Gasteiger partial charge is 0.169 e. The van der Waals surface area contributed by atoms with Gasteiger partial charge in [-0.25, -0.2) is 10.0 Å². The van der Waals surface area contributed by atoms with E-state index in [2.05, 4.69) is 15.4 Å². The van der Waals surface area contributed by atoms with E-state index in [1.54, 1.807) is 30.3 Å². The molecule has 0 fully saturated rings. The van der Waals surface area contributed by atoms with Gasteiger partial charge in [0.25, 0.3) is 0 Å². The van der Waals surface area contributed by atoms with Gasteiger partial charge in [-0.05, 0) is 32.4 Å². The van der Waals surface area contributed by atoms with Crippen molar-refractivity contribution in [2.75, 3.05) is 18.5 Å². The molecule has 0 unspecified atom stereocenters. The number of aliphatic hydroxyl groups excluding tert-OH is 1. The van der Waals surface area contributed by atoms with E-state index in [0.29, 0.717) is 29.2 Å². The summed E-state index contributed by atoms with van der Waals surface area (Å²) in [5, 5.41) is 35.6. The Labute approximate surface area is 129 Å². The van der Waals surface area contributed by atoms with Crippen molar-refractivity contribution in [2.24, 2.45) is 10.1 Å². The van der Waals surface area contributed by atoms with Crippen molar-refractivity contribution in [2.45, 2.75) is 26.8 Å². The minimum atomic E-state index is -0.0247. The number of hydrazone groups is 1. The predicted octanol–water partition coefficient (Wildman–Crippen LogP) is 1.86. The average molecular weight is 303 g/mol. The fraction of sp³-hybridized carbons (Fsp3) is 0.400. The molecule has 0 bridgehead atoms. The van der Waals surface area contributed by atoms with Crippen LogP contribution in [0.5, 0.6) is 5.75 Å². The molecule has 22 heavy (non-hydrogen) atoms. The summed E-state index contributed by atoms with van der Waals surface area (Å²) in [7, 11) is 0. The predicted molar refractivity (Wildman–Crippen MR) is 88.7 cm³/mol. The summed E-state index contributed by atoms with van der Waals surface area (Å²) >= 11 is 0. The van der Waals surface area contributed by atoms with Crippen LogP contribution in [0, 0.1) is 12.3 Å². The normalized spacial score (nSPS) is 16.1. The van der Waals surface area contributed by atoms with Crippen molar-refractivity contribution < 1.29 is 10.2 Å². The zero-order chi connectivity index (χ0) is 16.3. The lowest BCUT2D eigenvalue weighted by Gasteiger charge is -2.17. The molecular formula is C15H21N5O2. The first-order chi connectivity index (χ1) is 10.4. The number of amidine groups is 1. The van der Waals surface area contributed by atoms with Gasteiger partial charge in [0.2, 0.25) is 0 Å². The molecule has 1 heterocycles. The quantitative estimate of drug-likeness (QED) is 0.666. The third-order valence-electron chi connectivity index (χ3n) is 3.25. The van der Waals surface area contributed by atoms with Gasteiger partial charge in [0, 0.05) is 18.7 Å². The lowest BCUT2D eigenvalue weighted by Crippen LogP contribution is -2.31. The van der Waals surface area contributed by atoms with Crippen LogP contribution in [0.2, 0.25) is 0 Å². The van der Waals surface area contributed by atoms with E-state index in [9.17, 15) is 5.11 Å². The summed E-state index contributed by atoms with van der Waals surface area (Å²) < 4.78 is 0. The molecule has 1 aromatic carbocycles. The Morgan fingerprint density at radius 3 is 2.73 bits per heavy atom. The molecule has 0 saturated heterocycles. The van der Waals surface area contributed by atoms with Gasteiger partial charge in [0.05, 0.1) is 24.2 Å². The summed E-state index contributed by atoms with van der Waals surface area (Å²) in [6.07, 6.45) is 1.56. The van der Waals surface area contributed by atoms with Gasteiger partial charge in [-0.3, -0.25) is 5.41 Å². The maximum atomic E-state index is 9.82. The Bertz CT molecular complexity index is 637. The minimum absolute atomic E-state index is 0.0247. The number of benzene rings is 1. The number of anilines is 1. The molecular weight excluding hydrogens is 282 g/mol. The van der Waals surface area contributed by atoms with Gasteiger partial charge in [-0.1, -0.05) is 0 Å². The number of aryl methyl sites for hydroxylation is 1. The lowest BCUT2D eigenvalue weighted by molar-refractivity contribution is 0.311. The first-order valence-electron chi connectivity index (χ1n) is 7.13. The summed E-state index contributed by atoms with van der Waals surface area (Å²) in [5.41, 5.74) is 2.36. The van der Waals surface area contributed by atoms with E-state index in [1.807, 2.05) is 13.8 Å². The number of rotatable bonds is 5. The second-order valence-electron chi connectivity index (χ2n) is 5.33. The van der Waals surface area contributed by atoms with Crippen LogP contribution in [0.15, 0.2) is 22.2 Å². The van der Waals surface area contributed by atoms with E-state index in [4.69, 9.17) is 10.5 Å². The van der Waals surface area contributed by atoms with Crippen molar-refractivity contribution in [3.05, 3.63) is 17.7 Å². The van der Waals surface area contributed by atoms with Crippen LogP contribution in [-0.2, 0) is 0 Å². The largest absolute Gasteiger partial charge is 0.508 e. The molecule has 0 spiro atoms. The van der Waals surface area contributed by atoms with Gasteiger partial charge in [0.15, 0.2) is 5.84 Å². The molecule has 2 rings (SSSR count). The van der Waals surface area contributed by atoms with Crippen molar-refractivity contribution in [3.63, 3.8) is 0 Å². The highest BCUT2D eigenvalue weighted by molar-refractivity contribution is 6.63. The number of hydrogen-bond acceptors (Lipinski definition) is 6. The Balaban J connectivity index is 2.36. The Kier molecular flexibility index (Phi) is 4.77. The van der Waals surface area contributed by atoms with Crippen LogP contribution in [0.3, 0.4) is 0 Å². The maximum absolute atomic E-state index is 9.82. The third-order valence-corrected chi connectivity index (χ3v) is 3.25. The Morgan fingerprint density at radius 1 is 1.41 bits per heavy atom. The first-order valence-corrected chi connectivity index (χ1v) is 7.13. The van der Waals surface area contributed by atoms with Gasteiger partial charge >= 0.3 is 0 Å². The number of nitrogens with zero attached hydrogens (tertiary/aromatic N) is 3. The van der Waals surface area contributed by atoms with Gasteiger partial charge in [-0.2, -0.15) is 5.10 Å². The zero-order valence-corrected chi connectivity index (χ0v) is 13.0. The van der Waals surface area contributed by atoms with Gasteiger partial charge in [-0.15, -0.1) is 0 Å². The van der Waals surface area contributed by atoms with Crippen LogP contribution in [-0.4, -0.2) is 52.2 Å². The molecule has 7 heteroatoms. The molecule has 7 nitrogen and oxygen atoms in total. The fourth-order valence-corrected chi connectivity index (χ4v) is 2.06.